The van der Waals surface area contributed by atoms with Crippen LogP contribution in [0.4, 0.5) is 0 Å². The third-order valence-corrected chi connectivity index (χ3v) is 1.82. The molecule has 0 amide bonds. The normalized spacial score (nSPS) is 15.0. The molecule has 0 nitrogen and oxygen atoms in total. The van der Waals surface area contributed by atoms with Crippen molar-refractivity contribution in [2.75, 3.05) is 0 Å². The molecule has 0 saturated carbocycles. The highest BCUT2D eigenvalue weighted by atomic mass is 32.1. The molecule has 0 aliphatic rings. The van der Waals surface area contributed by atoms with Gasteiger partial charge in [-0.2, -0.15) is 0 Å². The predicted molar refractivity (Wildman–Crippen MR) is 36.3 cm³/mol. The molecule has 0 saturated heterocycles. The van der Waals surface area contributed by atoms with E-state index in [1.807, 2.05) is 0 Å². The third-order valence-electron chi connectivity index (χ3n) is 1.01. The topological polar surface area (TPSA) is 0 Å². The minimum Gasteiger partial charge on any atom is -0.0898 e. The summed E-state index contributed by atoms with van der Waals surface area (Å²) in [6.45, 7) is 6.28. The first-order chi connectivity index (χ1) is 3.18. The van der Waals surface area contributed by atoms with Gasteiger partial charge in [-0.1, -0.05) is 33.4 Å². The lowest BCUT2D eigenvalue weighted by Crippen LogP contribution is -2.02. The molecule has 0 aromatic heterocycles. The first-order valence-electron chi connectivity index (χ1n) is 2.64. The van der Waals surface area contributed by atoms with Crippen molar-refractivity contribution in [1.82, 2.24) is 0 Å². The molecule has 0 N–H and O–H groups in total. The summed E-state index contributed by atoms with van der Waals surface area (Å²) in [7, 11) is 0. The maximum absolute atomic E-state index is 5.03. The highest BCUT2D eigenvalue weighted by Gasteiger charge is 2.04. The molecule has 2 radical (unpaired) electrons. The predicted octanol–water partition coefficient (Wildman–Crippen LogP) is 2.58. The Labute approximate surface area is 51.7 Å². The Morgan fingerprint density at radius 2 is 2.00 bits per heavy atom. The minimum absolute atomic E-state index is 0.403. The van der Waals surface area contributed by atoms with E-state index in [0.29, 0.717) is 5.25 Å². The average Bonchev–Trinajstić information content (AvgIpc) is 1.65. The molecule has 0 spiro atoms. The summed E-state index contributed by atoms with van der Waals surface area (Å²) in [5.74, 6) is 1.36. The Bertz CT molecular complexity index is 41.4. The van der Waals surface area contributed by atoms with Gasteiger partial charge in [-0.25, -0.2) is 0 Å². The van der Waals surface area contributed by atoms with Crippen molar-refractivity contribution in [3.8, 4) is 0 Å². The van der Waals surface area contributed by atoms with Crippen LogP contribution >= 0.6 is 12.6 Å². The molecule has 0 rings (SSSR count). The van der Waals surface area contributed by atoms with Crippen LogP contribution in [-0.4, -0.2) is 5.25 Å². The van der Waals surface area contributed by atoms with Crippen LogP contribution in [0.15, 0.2) is 0 Å². The molecule has 0 bridgehead atoms. The van der Waals surface area contributed by atoms with E-state index in [4.69, 9.17) is 12.6 Å². The summed E-state index contributed by atoms with van der Waals surface area (Å²) in [4.78, 5) is 0. The smallest absolute Gasteiger partial charge is 0.0205 e. The van der Waals surface area contributed by atoms with Gasteiger partial charge in [0.25, 0.3) is 0 Å². The fraction of sp³-hybridized carbons (Fsp3) is 0.833. The zero-order valence-electron chi connectivity index (χ0n) is 5.19. The highest BCUT2D eigenvalue weighted by molar-refractivity contribution is 7.81. The fourth-order valence-electron chi connectivity index (χ4n) is 0.408. The second-order valence-electron chi connectivity index (χ2n) is 1.97. The molecule has 0 aliphatic heterocycles. The van der Waals surface area contributed by atoms with Crippen molar-refractivity contribution in [2.45, 2.75) is 32.4 Å². The first kappa shape index (κ1) is 7.35. The van der Waals surface area contributed by atoms with Gasteiger partial charge in [0.15, 0.2) is 0 Å². The Morgan fingerprint density at radius 1 is 1.57 bits per heavy atom. The molecule has 7 heavy (non-hydrogen) atoms. The van der Waals surface area contributed by atoms with Crippen LogP contribution in [0.1, 0.15) is 27.2 Å². The van der Waals surface area contributed by atoms with E-state index in [1.165, 1.54) is 5.92 Å². The van der Waals surface area contributed by atoms with Gasteiger partial charge in [-0.3, -0.25) is 0 Å². The Morgan fingerprint density at radius 3 is 2.00 bits per heavy atom. The lowest BCUT2D eigenvalue weighted by molar-refractivity contribution is 0.832. The van der Waals surface area contributed by atoms with E-state index in [-0.39, 0.29) is 0 Å². The maximum Gasteiger partial charge on any atom is 0.0205 e. The molecular formula is C6H12S. The average molecular weight is 116 g/mol. The van der Waals surface area contributed by atoms with Gasteiger partial charge in [0, 0.05) is 5.25 Å². The summed E-state index contributed by atoms with van der Waals surface area (Å²) < 4.78 is 0. The molecule has 1 atom stereocenters. The Balaban J connectivity index is 3.14. The first-order valence-corrected chi connectivity index (χ1v) is 3.11. The maximum atomic E-state index is 5.03. The fourth-order valence-corrected chi connectivity index (χ4v) is 0.408. The molecule has 1 unspecified atom stereocenters. The quantitative estimate of drug-likeness (QED) is 0.520. The van der Waals surface area contributed by atoms with Crippen molar-refractivity contribution in [3.05, 3.63) is 5.92 Å². The zero-order chi connectivity index (χ0) is 5.86. The van der Waals surface area contributed by atoms with E-state index < -0.39 is 0 Å². The van der Waals surface area contributed by atoms with Crippen molar-refractivity contribution in [1.29, 1.82) is 0 Å². The van der Waals surface area contributed by atoms with Gasteiger partial charge in [-0.05, 0) is 12.3 Å². The largest absolute Gasteiger partial charge is 0.0898 e. The Kier molecular flexibility index (Phi) is 3.53. The molecule has 1 heteroatoms. The van der Waals surface area contributed by atoms with Crippen molar-refractivity contribution in [2.24, 2.45) is 0 Å². The number of rotatable bonds is 2. The summed E-state index contributed by atoms with van der Waals surface area (Å²) in [5, 5.41) is 0.403. The number of hydrogen-bond donors (Lipinski definition) is 0. The summed E-state index contributed by atoms with van der Waals surface area (Å²) in [5.41, 5.74) is 0. The summed E-state index contributed by atoms with van der Waals surface area (Å²) in [6, 6.07) is 0. The second-order valence-corrected chi connectivity index (χ2v) is 2.54. The van der Waals surface area contributed by atoms with Crippen LogP contribution in [0.5, 0.6) is 0 Å². The minimum atomic E-state index is 0.403. The summed E-state index contributed by atoms with van der Waals surface area (Å²) in [6.07, 6.45) is 1.09. The van der Waals surface area contributed by atoms with Gasteiger partial charge in [-0.15, -0.1) is 0 Å². The molecule has 0 aromatic carbocycles. The van der Waals surface area contributed by atoms with Crippen LogP contribution in [-0.2, 0) is 0 Å². The Hall–Kier alpha value is 0.350. The zero-order valence-corrected chi connectivity index (χ0v) is 6.01. The standard InChI is InChI=1S/C6H12S/c1-4-6(7)5(2)3/h6H,4H2,1-3H3. The molecule has 0 aromatic rings. The molecule has 0 aliphatic carbocycles. The van der Waals surface area contributed by atoms with Crippen molar-refractivity contribution < 1.29 is 0 Å². The van der Waals surface area contributed by atoms with Crippen LogP contribution < -0.4 is 0 Å². The van der Waals surface area contributed by atoms with E-state index in [1.54, 1.807) is 0 Å². The number of hydrogen-bond acceptors (Lipinski definition) is 0. The van der Waals surface area contributed by atoms with E-state index >= 15 is 0 Å². The second kappa shape index (κ2) is 3.36. The van der Waals surface area contributed by atoms with Crippen molar-refractivity contribution >= 4 is 12.6 Å². The SMILES string of the molecule is CCC([S])[C](C)C. The molecule has 0 fully saturated rings. The van der Waals surface area contributed by atoms with Crippen LogP contribution in [0, 0.1) is 5.92 Å². The molecule has 0 heterocycles. The van der Waals surface area contributed by atoms with Crippen LogP contribution in [0.3, 0.4) is 0 Å². The highest BCUT2D eigenvalue weighted by Crippen LogP contribution is 2.13. The van der Waals surface area contributed by atoms with Crippen LogP contribution in [0.25, 0.3) is 0 Å². The van der Waals surface area contributed by atoms with Gasteiger partial charge >= 0.3 is 0 Å². The van der Waals surface area contributed by atoms with E-state index in [2.05, 4.69) is 20.8 Å². The van der Waals surface area contributed by atoms with Gasteiger partial charge in [0.05, 0.1) is 0 Å². The van der Waals surface area contributed by atoms with Crippen molar-refractivity contribution in [3.63, 3.8) is 0 Å². The van der Waals surface area contributed by atoms with E-state index in [9.17, 15) is 0 Å². The van der Waals surface area contributed by atoms with Gasteiger partial charge < -0.3 is 0 Å². The van der Waals surface area contributed by atoms with Gasteiger partial charge in [0.1, 0.15) is 0 Å². The van der Waals surface area contributed by atoms with E-state index in [0.717, 1.165) is 6.42 Å². The summed E-state index contributed by atoms with van der Waals surface area (Å²) >= 11 is 5.03. The van der Waals surface area contributed by atoms with Crippen LogP contribution in [0.2, 0.25) is 0 Å². The lowest BCUT2D eigenvalue weighted by Gasteiger charge is -2.07. The molecule has 42 valence electrons. The lowest BCUT2D eigenvalue weighted by atomic mass is 10.1. The van der Waals surface area contributed by atoms with Gasteiger partial charge in [0.2, 0.25) is 0 Å². The molecular weight excluding hydrogens is 104 g/mol. The monoisotopic (exact) mass is 116 g/mol. The third kappa shape index (κ3) is 2.98.